The van der Waals surface area contributed by atoms with E-state index in [0.717, 1.165) is 6.42 Å². The van der Waals surface area contributed by atoms with Crippen molar-refractivity contribution in [1.82, 2.24) is 10.5 Å². The Kier molecular flexibility index (Phi) is 5.84. The molecule has 3 rings (SSSR count). The average Bonchev–Trinajstić information content (AvgIpc) is 3.07. The summed E-state index contributed by atoms with van der Waals surface area (Å²) in [5.74, 6) is 0.703. The molecule has 0 fully saturated rings. The van der Waals surface area contributed by atoms with Crippen molar-refractivity contribution in [2.75, 3.05) is 6.54 Å². The SMILES string of the molecule is CCc1noc(C)c1C(=O)NCCC(c1ccccc1)c1ccccc1. The van der Waals surface area contributed by atoms with Crippen molar-refractivity contribution < 1.29 is 9.32 Å². The van der Waals surface area contributed by atoms with Gasteiger partial charge in [-0.1, -0.05) is 72.7 Å². The van der Waals surface area contributed by atoms with Crippen LogP contribution in [-0.4, -0.2) is 17.6 Å². The minimum atomic E-state index is -0.111. The third kappa shape index (κ3) is 4.02. The molecule has 1 N–H and O–H groups in total. The van der Waals surface area contributed by atoms with Gasteiger partial charge in [0.25, 0.3) is 5.91 Å². The Bertz CT molecular complexity index is 802. The zero-order valence-electron chi connectivity index (χ0n) is 15.2. The summed E-state index contributed by atoms with van der Waals surface area (Å²) in [6.45, 7) is 4.33. The molecule has 0 radical (unpaired) electrons. The highest BCUT2D eigenvalue weighted by Crippen LogP contribution is 2.27. The van der Waals surface area contributed by atoms with Crippen LogP contribution in [0.3, 0.4) is 0 Å². The van der Waals surface area contributed by atoms with Crippen molar-refractivity contribution in [3.8, 4) is 0 Å². The summed E-state index contributed by atoms with van der Waals surface area (Å²) in [6.07, 6.45) is 1.50. The lowest BCUT2D eigenvalue weighted by molar-refractivity contribution is 0.0950. The minimum absolute atomic E-state index is 0.111. The molecule has 0 atom stereocenters. The van der Waals surface area contributed by atoms with Crippen LogP contribution in [0.5, 0.6) is 0 Å². The number of benzene rings is 2. The first-order chi connectivity index (χ1) is 12.7. The number of aryl methyl sites for hydroxylation is 2. The first-order valence-corrected chi connectivity index (χ1v) is 9.04. The first kappa shape index (κ1) is 17.9. The summed E-state index contributed by atoms with van der Waals surface area (Å²) in [6, 6.07) is 20.8. The molecule has 0 saturated heterocycles. The number of amides is 1. The largest absolute Gasteiger partial charge is 0.361 e. The number of carbonyl (C=O) groups is 1. The highest BCUT2D eigenvalue weighted by Gasteiger charge is 2.20. The molecule has 0 saturated carbocycles. The third-order valence-electron chi connectivity index (χ3n) is 4.62. The van der Waals surface area contributed by atoms with E-state index >= 15 is 0 Å². The predicted octanol–water partition coefficient (Wildman–Crippen LogP) is 4.50. The Morgan fingerprint density at radius 1 is 1.04 bits per heavy atom. The van der Waals surface area contributed by atoms with Gasteiger partial charge in [-0.05, 0) is 30.9 Å². The molecule has 2 aromatic carbocycles. The highest BCUT2D eigenvalue weighted by atomic mass is 16.5. The van der Waals surface area contributed by atoms with Gasteiger partial charge in [0, 0.05) is 12.5 Å². The summed E-state index contributed by atoms with van der Waals surface area (Å²) < 4.78 is 5.16. The molecule has 1 heterocycles. The smallest absolute Gasteiger partial charge is 0.256 e. The molecule has 134 valence electrons. The maximum absolute atomic E-state index is 12.5. The van der Waals surface area contributed by atoms with Crippen molar-refractivity contribution >= 4 is 5.91 Å². The second-order valence-electron chi connectivity index (χ2n) is 6.33. The Morgan fingerprint density at radius 2 is 1.62 bits per heavy atom. The Balaban J connectivity index is 1.71. The van der Waals surface area contributed by atoms with E-state index in [1.807, 2.05) is 19.1 Å². The molecule has 0 spiro atoms. The van der Waals surface area contributed by atoms with Gasteiger partial charge in [0.15, 0.2) is 0 Å². The fourth-order valence-electron chi connectivity index (χ4n) is 3.27. The Hall–Kier alpha value is -2.88. The fraction of sp³-hybridized carbons (Fsp3) is 0.273. The molecule has 0 unspecified atom stereocenters. The zero-order valence-corrected chi connectivity index (χ0v) is 15.2. The van der Waals surface area contributed by atoms with Gasteiger partial charge in [-0.15, -0.1) is 0 Å². The maximum atomic E-state index is 12.5. The normalized spacial score (nSPS) is 10.9. The van der Waals surface area contributed by atoms with Gasteiger partial charge in [-0.25, -0.2) is 0 Å². The first-order valence-electron chi connectivity index (χ1n) is 9.04. The number of nitrogens with zero attached hydrogens (tertiary/aromatic N) is 1. The van der Waals surface area contributed by atoms with Crippen LogP contribution in [0.2, 0.25) is 0 Å². The Morgan fingerprint density at radius 3 is 2.15 bits per heavy atom. The number of hydrogen-bond donors (Lipinski definition) is 1. The summed E-state index contributed by atoms with van der Waals surface area (Å²) in [5, 5.41) is 6.99. The Labute approximate surface area is 154 Å². The standard InChI is InChI=1S/C22H24N2O2/c1-3-20-21(16(2)26-24-20)22(25)23-15-14-19(17-10-6-4-7-11-17)18-12-8-5-9-13-18/h4-13,19H,3,14-15H2,1-2H3,(H,23,25). The van der Waals surface area contributed by atoms with Gasteiger partial charge in [0.05, 0.1) is 5.69 Å². The number of rotatable bonds is 7. The summed E-state index contributed by atoms with van der Waals surface area (Å²) in [5.41, 5.74) is 3.79. The van der Waals surface area contributed by atoms with E-state index in [9.17, 15) is 4.79 Å². The van der Waals surface area contributed by atoms with E-state index < -0.39 is 0 Å². The van der Waals surface area contributed by atoms with Gasteiger partial charge in [0.2, 0.25) is 0 Å². The molecule has 3 aromatic rings. The van der Waals surface area contributed by atoms with E-state index in [-0.39, 0.29) is 11.8 Å². The van der Waals surface area contributed by atoms with Crippen molar-refractivity contribution in [3.05, 3.63) is 88.8 Å². The van der Waals surface area contributed by atoms with Crippen molar-refractivity contribution in [1.29, 1.82) is 0 Å². The molecule has 0 aliphatic carbocycles. The second-order valence-corrected chi connectivity index (χ2v) is 6.33. The van der Waals surface area contributed by atoms with Gasteiger partial charge in [-0.3, -0.25) is 4.79 Å². The van der Waals surface area contributed by atoms with Gasteiger partial charge in [-0.2, -0.15) is 0 Å². The molecule has 0 aliphatic rings. The van der Waals surface area contributed by atoms with E-state index in [0.29, 0.717) is 30.0 Å². The van der Waals surface area contributed by atoms with E-state index in [4.69, 9.17) is 4.52 Å². The number of hydrogen-bond acceptors (Lipinski definition) is 3. The number of carbonyl (C=O) groups excluding carboxylic acids is 1. The minimum Gasteiger partial charge on any atom is -0.361 e. The van der Waals surface area contributed by atoms with Crippen LogP contribution in [0.15, 0.2) is 65.2 Å². The molecule has 1 amide bonds. The zero-order chi connectivity index (χ0) is 18.4. The molecule has 4 nitrogen and oxygen atoms in total. The molecular weight excluding hydrogens is 324 g/mol. The lowest BCUT2D eigenvalue weighted by atomic mass is 9.88. The molecule has 1 aromatic heterocycles. The van der Waals surface area contributed by atoms with Crippen molar-refractivity contribution in [3.63, 3.8) is 0 Å². The predicted molar refractivity (Wildman–Crippen MR) is 102 cm³/mol. The molecule has 26 heavy (non-hydrogen) atoms. The lowest BCUT2D eigenvalue weighted by Gasteiger charge is -2.18. The summed E-state index contributed by atoms with van der Waals surface area (Å²) >= 11 is 0. The summed E-state index contributed by atoms with van der Waals surface area (Å²) in [7, 11) is 0. The van der Waals surface area contributed by atoms with Crippen LogP contribution in [0.4, 0.5) is 0 Å². The fourth-order valence-corrected chi connectivity index (χ4v) is 3.27. The lowest BCUT2D eigenvalue weighted by Crippen LogP contribution is -2.27. The second kappa shape index (κ2) is 8.48. The van der Waals surface area contributed by atoms with E-state index in [1.54, 1.807) is 6.92 Å². The average molecular weight is 348 g/mol. The van der Waals surface area contributed by atoms with Crippen molar-refractivity contribution in [2.45, 2.75) is 32.6 Å². The topological polar surface area (TPSA) is 55.1 Å². The van der Waals surface area contributed by atoms with Gasteiger partial charge < -0.3 is 9.84 Å². The molecule has 0 aliphatic heterocycles. The van der Waals surface area contributed by atoms with E-state index in [2.05, 4.69) is 59.0 Å². The number of nitrogens with one attached hydrogen (secondary N) is 1. The molecule has 4 heteroatoms. The van der Waals surface area contributed by atoms with Gasteiger partial charge in [0.1, 0.15) is 11.3 Å². The van der Waals surface area contributed by atoms with Crippen LogP contribution in [-0.2, 0) is 6.42 Å². The van der Waals surface area contributed by atoms with Gasteiger partial charge >= 0.3 is 0 Å². The third-order valence-corrected chi connectivity index (χ3v) is 4.62. The quantitative estimate of drug-likeness (QED) is 0.684. The van der Waals surface area contributed by atoms with Crippen LogP contribution in [0, 0.1) is 6.92 Å². The van der Waals surface area contributed by atoms with Crippen LogP contribution in [0.1, 0.15) is 52.2 Å². The monoisotopic (exact) mass is 348 g/mol. The van der Waals surface area contributed by atoms with Crippen LogP contribution in [0.25, 0.3) is 0 Å². The van der Waals surface area contributed by atoms with Crippen molar-refractivity contribution in [2.24, 2.45) is 0 Å². The van der Waals surface area contributed by atoms with E-state index in [1.165, 1.54) is 11.1 Å². The molecule has 0 bridgehead atoms. The highest BCUT2D eigenvalue weighted by molar-refractivity contribution is 5.96. The van der Waals surface area contributed by atoms with Crippen LogP contribution >= 0.6 is 0 Å². The molecular formula is C22H24N2O2. The van der Waals surface area contributed by atoms with Crippen LogP contribution < -0.4 is 5.32 Å². The number of aromatic nitrogens is 1. The maximum Gasteiger partial charge on any atom is 0.256 e. The summed E-state index contributed by atoms with van der Waals surface area (Å²) in [4.78, 5) is 12.5.